The monoisotopic (exact) mass is 290 g/mol. The largest absolute Gasteiger partial charge is 0.477 e. The quantitative estimate of drug-likeness (QED) is 0.925. The van der Waals surface area contributed by atoms with E-state index in [2.05, 4.69) is 18.8 Å². The van der Waals surface area contributed by atoms with E-state index in [9.17, 15) is 9.59 Å². The number of carbonyl (C=O) groups excluding carboxylic acids is 1. The molecule has 114 valence electrons. The van der Waals surface area contributed by atoms with Crippen LogP contribution in [-0.4, -0.2) is 40.0 Å². The third kappa shape index (κ3) is 3.23. The summed E-state index contributed by atoms with van der Waals surface area (Å²) in [6.07, 6.45) is 5.73. The lowest BCUT2D eigenvalue weighted by Crippen LogP contribution is -2.42. The Hall–Kier alpha value is -1.91. The molecule has 1 aromatic heterocycles. The van der Waals surface area contributed by atoms with Crippen LogP contribution in [0.15, 0.2) is 18.3 Å². The molecule has 1 N–H and O–H groups in total. The van der Waals surface area contributed by atoms with E-state index in [1.54, 1.807) is 6.07 Å². The Bertz CT molecular complexity index is 511. The number of carboxylic acid groups (broad SMARTS) is 1. The molecule has 0 aliphatic carbocycles. The Labute approximate surface area is 125 Å². The highest BCUT2D eigenvalue weighted by Crippen LogP contribution is 2.38. The molecule has 2 rings (SSSR count). The molecule has 0 spiro atoms. The minimum absolute atomic E-state index is 0.0406. The van der Waals surface area contributed by atoms with Crippen LogP contribution in [0, 0.1) is 5.41 Å². The van der Waals surface area contributed by atoms with E-state index in [0.29, 0.717) is 11.0 Å². The molecule has 1 fully saturated rings. The number of likely N-dealkylation sites (tertiary alicyclic amines) is 1. The summed E-state index contributed by atoms with van der Waals surface area (Å²) in [7, 11) is 0. The van der Waals surface area contributed by atoms with Crippen LogP contribution in [0.5, 0.6) is 0 Å². The van der Waals surface area contributed by atoms with E-state index in [1.165, 1.54) is 12.3 Å². The normalized spacial score (nSPS) is 17.5. The van der Waals surface area contributed by atoms with Gasteiger partial charge >= 0.3 is 5.97 Å². The maximum Gasteiger partial charge on any atom is 0.354 e. The number of piperidine rings is 1. The summed E-state index contributed by atoms with van der Waals surface area (Å²) in [6, 6.07) is 2.92. The van der Waals surface area contributed by atoms with Crippen LogP contribution in [-0.2, 0) is 0 Å². The first-order valence-electron chi connectivity index (χ1n) is 7.50. The number of aromatic carboxylic acids is 1. The van der Waals surface area contributed by atoms with Crippen molar-refractivity contribution < 1.29 is 14.7 Å². The van der Waals surface area contributed by atoms with E-state index < -0.39 is 5.97 Å². The highest BCUT2D eigenvalue weighted by atomic mass is 16.4. The van der Waals surface area contributed by atoms with Crippen molar-refractivity contribution in [2.24, 2.45) is 5.41 Å². The van der Waals surface area contributed by atoms with E-state index >= 15 is 0 Å². The molecule has 0 radical (unpaired) electrons. The van der Waals surface area contributed by atoms with E-state index in [0.717, 1.165) is 38.8 Å². The SMILES string of the molecule is CCC1(CC)CCN(C(=O)c2ccc(C(=O)O)nc2)CC1. The molecule has 1 aliphatic heterocycles. The van der Waals surface area contributed by atoms with Crippen molar-refractivity contribution >= 4 is 11.9 Å². The van der Waals surface area contributed by atoms with Crippen LogP contribution < -0.4 is 0 Å². The second-order valence-electron chi connectivity index (χ2n) is 5.74. The Kier molecular flexibility index (Phi) is 4.60. The van der Waals surface area contributed by atoms with Gasteiger partial charge in [0.15, 0.2) is 0 Å². The lowest BCUT2D eigenvalue weighted by atomic mass is 9.74. The van der Waals surface area contributed by atoms with Gasteiger partial charge in [0.1, 0.15) is 5.69 Å². The van der Waals surface area contributed by atoms with Gasteiger partial charge in [0.25, 0.3) is 5.91 Å². The summed E-state index contributed by atoms with van der Waals surface area (Å²) >= 11 is 0. The zero-order valence-corrected chi connectivity index (χ0v) is 12.6. The maximum atomic E-state index is 12.4. The molecule has 1 aromatic rings. The van der Waals surface area contributed by atoms with Crippen molar-refractivity contribution in [1.82, 2.24) is 9.88 Å². The van der Waals surface area contributed by atoms with Crippen LogP contribution in [0.2, 0.25) is 0 Å². The fourth-order valence-electron chi connectivity index (χ4n) is 2.97. The minimum Gasteiger partial charge on any atom is -0.477 e. The Morgan fingerprint density at radius 3 is 2.29 bits per heavy atom. The third-order valence-corrected chi connectivity index (χ3v) is 4.84. The van der Waals surface area contributed by atoms with E-state index in [4.69, 9.17) is 5.11 Å². The molecule has 5 nitrogen and oxygen atoms in total. The molecule has 0 bridgehead atoms. The average Bonchev–Trinajstić information content (AvgIpc) is 2.54. The highest BCUT2D eigenvalue weighted by Gasteiger charge is 2.33. The summed E-state index contributed by atoms with van der Waals surface area (Å²) in [5, 5.41) is 8.82. The highest BCUT2D eigenvalue weighted by molar-refractivity contribution is 5.95. The summed E-state index contributed by atoms with van der Waals surface area (Å²) in [5.74, 6) is -1.14. The number of nitrogens with zero attached hydrogens (tertiary/aromatic N) is 2. The fourth-order valence-corrected chi connectivity index (χ4v) is 2.97. The van der Waals surface area contributed by atoms with Crippen LogP contribution >= 0.6 is 0 Å². The molecule has 1 saturated heterocycles. The van der Waals surface area contributed by atoms with Gasteiger partial charge in [-0.2, -0.15) is 0 Å². The average molecular weight is 290 g/mol. The second-order valence-corrected chi connectivity index (χ2v) is 5.74. The Morgan fingerprint density at radius 1 is 1.24 bits per heavy atom. The second kappa shape index (κ2) is 6.24. The number of hydrogen-bond acceptors (Lipinski definition) is 3. The van der Waals surface area contributed by atoms with Crippen molar-refractivity contribution in [3.63, 3.8) is 0 Å². The number of hydrogen-bond donors (Lipinski definition) is 1. The van der Waals surface area contributed by atoms with Gasteiger partial charge in [-0.05, 0) is 30.4 Å². The third-order valence-electron chi connectivity index (χ3n) is 4.84. The van der Waals surface area contributed by atoms with Crippen LogP contribution in [0.1, 0.15) is 60.4 Å². The first-order chi connectivity index (χ1) is 10.0. The molecule has 2 heterocycles. The van der Waals surface area contributed by atoms with Crippen molar-refractivity contribution in [1.29, 1.82) is 0 Å². The van der Waals surface area contributed by atoms with E-state index in [-0.39, 0.29) is 11.6 Å². The topological polar surface area (TPSA) is 70.5 Å². The van der Waals surface area contributed by atoms with Crippen LogP contribution in [0.3, 0.4) is 0 Å². The molecule has 21 heavy (non-hydrogen) atoms. The van der Waals surface area contributed by atoms with Crippen LogP contribution in [0.25, 0.3) is 0 Å². The summed E-state index contributed by atoms with van der Waals surface area (Å²) in [6.45, 7) is 5.97. The van der Waals surface area contributed by atoms with Crippen molar-refractivity contribution in [3.05, 3.63) is 29.6 Å². The predicted molar refractivity (Wildman–Crippen MR) is 79.3 cm³/mol. The zero-order chi connectivity index (χ0) is 15.5. The molecular formula is C16H22N2O3. The summed E-state index contributed by atoms with van der Waals surface area (Å²) < 4.78 is 0. The minimum atomic E-state index is -1.08. The van der Waals surface area contributed by atoms with Crippen molar-refractivity contribution in [2.45, 2.75) is 39.5 Å². The lowest BCUT2D eigenvalue weighted by Gasteiger charge is -2.41. The Morgan fingerprint density at radius 2 is 1.86 bits per heavy atom. The van der Waals surface area contributed by atoms with Crippen molar-refractivity contribution in [3.8, 4) is 0 Å². The number of rotatable bonds is 4. The van der Waals surface area contributed by atoms with Gasteiger partial charge in [-0.15, -0.1) is 0 Å². The first kappa shape index (κ1) is 15.5. The van der Waals surface area contributed by atoms with Gasteiger partial charge in [-0.25, -0.2) is 9.78 Å². The van der Waals surface area contributed by atoms with Gasteiger partial charge < -0.3 is 10.0 Å². The fraction of sp³-hybridized carbons (Fsp3) is 0.562. The van der Waals surface area contributed by atoms with Gasteiger partial charge in [-0.3, -0.25) is 4.79 Å². The molecule has 0 aromatic carbocycles. The van der Waals surface area contributed by atoms with Crippen LogP contribution in [0.4, 0.5) is 0 Å². The van der Waals surface area contributed by atoms with Gasteiger partial charge in [0.2, 0.25) is 0 Å². The summed E-state index contributed by atoms with van der Waals surface area (Å²) in [4.78, 5) is 28.8. The zero-order valence-electron chi connectivity index (χ0n) is 12.6. The lowest BCUT2D eigenvalue weighted by molar-refractivity contribution is 0.0556. The van der Waals surface area contributed by atoms with Gasteiger partial charge in [0.05, 0.1) is 5.56 Å². The number of carboxylic acids is 1. The number of pyridine rings is 1. The standard InChI is InChI=1S/C16H22N2O3/c1-3-16(4-2)7-9-18(10-8-16)14(19)12-5-6-13(15(20)21)17-11-12/h5-6,11H,3-4,7-10H2,1-2H3,(H,20,21). The molecule has 0 unspecified atom stereocenters. The number of carbonyl (C=O) groups is 2. The first-order valence-corrected chi connectivity index (χ1v) is 7.50. The Balaban J connectivity index is 2.03. The number of amides is 1. The molecule has 5 heteroatoms. The maximum absolute atomic E-state index is 12.4. The van der Waals surface area contributed by atoms with Gasteiger partial charge in [0, 0.05) is 19.3 Å². The predicted octanol–water partition coefficient (Wildman–Crippen LogP) is 2.82. The van der Waals surface area contributed by atoms with E-state index in [1.807, 2.05) is 4.90 Å². The molecule has 1 amide bonds. The molecule has 0 saturated carbocycles. The van der Waals surface area contributed by atoms with Gasteiger partial charge in [-0.1, -0.05) is 26.7 Å². The molecule has 0 atom stereocenters. The number of aromatic nitrogens is 1. The summed E-state index contributed by atoms with van der Waals surface area (Å²) in [5.41, 5.74) is 0.795. The smallest absolute Gasteiger partial charge is 0.354 e. The van der Waals surface area contributed by atoms with Crippen molar-refractivity contribution in [2.75, 3.05) is 13.1 Å². The molecule has 1 aliphatic rings. The molecular weight excluding hydrogens is 268 g/mol.